The van der Waals surface area contributed by atoms with Gasteiger partial charge in [0.2, 0.25) is 0 Å². The Balaban J connectivity index is 0.00000288. The molecule has 0 aliphatic rings. The SMILES string of the molecule is Cc1ccccc1C(C#N)(CCc1ccccc1)CCN(C)C.Cl. The summed E-state index contributed by atoms with van der Waals surface area (Å²) in [5, 5.41) is 10.1. The number of hydrogen-bond acceptors (Lipinski definition) is 2. The molecule has 0 amide bonds. The van der Waals surface area contributed by atoms with Gasteiger partial charge in [0.1, 0.15) is 0 Å². The fourth-order valence-electron chi connectivity index (χ4n) is 3.09. The van der Waals surface area contributed by atoms with E-state index >= 15 is 0 Å². The van der Waals surface area contributed by atoms with Crippen LogP contribution in [0.5, 0.6) is 0 Å². The van der Waals surface area contributed by atoms with Crippen molar-refractivity contribution in [3.63, 3.8) is 0 Å². The third-order valence-corrected chi connectivity index (χ3v) is 4.54. The molecule has 0 heterocycles. The zero-order chi connectivity index (χ0) is 16.7. The number of halogens is 1. The summed E-state index contributed by atoms with van der Waals surface area (Å²) < 4.78 is 0. The Bertz CT molecular complexity index is 661. The average molecular weight is 343 g/mol. The first-order valence-electron chi connectivity index (χ1n) is 8.23. The highest BCUT2D eigenvalue weighted by molar-refractivity contribution is 5.85. The Labute approximate surface area is 152 Å². The summed E-state index contributed by atoms with van der Waals surface area (Å²) in [6.07, 6.45) is 2.64. The molecule has 2 aromatic rings. The Hall–Kier alpha value is -1.82. The largest absolute Gasteiger partial charge is 0.309 e. The third kappa shape index (κ3) is 5.09. The molecule has 3 heteroatoms. The Morgan fingerprint density at radius 2 is 1.58 bits per heavy atom. The molecule has 0 aliphatic carbocycles. The smallest absolute Gasteiger partial charge is 0.0840 e. The van der Waals surface area contributed by atoms with Crippen LogP contribution in [0.25, 0.3) is 0 Å². The van der Waals surface area contributed by atoms with Crippen LogP contribution in [0.1, 0.15) is 29.5 Å². The normalized spacial score (nSPS) is 13.0. The van der Waals surface area contributed by atoms with Crippen LogP contribution in [-0.2, 0) is 11.8 Å². The van der Waals surface area contributed by atoms with E-state index in [1.807, 2.05) is 18.2 Å². The lowest BCUT2D eigenvalue weighted by molar-refractivity contribution is 0.342. The number of rotatable bonds is 7. The van der Waals surface area contributed by atoms with Crippen LogP contribution in [0, 0.1) is 18.3 Å². The zero-order valence-corrected chi connectivity index (χ0v) is 15.6. The number of hydrogen-bond donors (Lipinski definition) is 0. The second-order valence-corrected chi connectivity index (χ2v) is 6.55. The van der Waals surface area contributed by atoms with Gasteiger partial charge in [-0.15, -0.1) is 12.4 Å². The summed E-state index contributed by atoms with van der Waals surface area (Å²) in [7, 11) is 4.13. The summed E-state index contributed by atoms with van der Waals surface area (Å²) in [6.45, 7) is 3.02. The second kappa shape index (κ2) is 9.47. The molecule has 0 fully saturated rings. The molecule has 2 nitrogen and oxygen atoms in total. The Morgan fingerprint density at radius 1 is 0.958 bits per heavy atom. The third-order valence-electron chi connectivity index (χ3n) is 4.54. The minimum absolute atomic E-state index is 0. The van der Waals surface area contributed by atoms with E-state index in [-0.39, 0.29) is 12.4 Å². The van der Waals surface area contributed by atoms with Crippen molar-refractivity contribution in [1.82, 2.24) is 4.90 Å². The molecule has 2 rings (SSSR count). The van der Waals surface area contributed by atoms with Gasteiger partial charge in [-0.25, -0.2) is 0 Å². The van der Waals surface area contributed by atoms with Crippen molar-refractivity contribution in [3.8, 4) is 6.07 Å². The van der Waals surface area contributed by atoms with Gasteiger partial charge in [-0.2, -0.15) is 5.26 Å². The minimum atomic E-state index is -0.425. The monoisotopic (exact) mass is 342 g/mol. The van der Waals surface area contributed by atoms with Gasteiger partial charge in [-0.05, 0) is 63.5 Å². The summed E-state index contributed by atoms with van der Waals surface area (Å²) in [5.74, 6) is 0. The lowest BCUT2D eigenvalue weighted by atomic mass is 9.73. The Kier molecular flexibility index (Phi) is 7.98. The standard InChI is InChI=1S/C21H26N2.ClH/c1-18-9-7-8-12-20(18)21(17-22,15-16-23(2)3)14-13-19-10-5-4-6-11-19;/h4-12H,13-16H2,1-3H3;1H. The summed E-state index contributed by atoms with van der Waals surface area (Å²) in [4.78, 5) is 2.16. The van der Waals surface area contributed by atoms with Gasteiger partial charge in [0, 0.05) is 0 Å². The minimum Gasteiger partial charge on any atom is -0.309 e. The lowest BCUT2D eigenvalue weighted by Crippen LogP contribution is -2.31. The maximum absolute atomic E-state index is 10.1. The van der Waals surface area contributed by atoms with Crippen LogP contribution in [0.15, 0.2) is 54.6 Å². The predicted octanol–water partition coefficient (Wildman–Crippen LogP) is 4.76. The molecule has 0 spiro atoms. The average Bonchev–Trinajstić information content (AvgIpc) is 2.57. The number of benzene rings is 2. The quantitative estimate of drug-likeness (QED) is 0.725. The van der Waals surface area contributed by atoms with E-state index in [1.165, 1.54) is 16.7 Å². The van der Waals surface area contributed by atoms with E-state index in [2.05, 4.69) is 68.4 Å². The van der Waals surface area contributed by atoms with Crippen LogP contribution >= 0.6 is 12.4 Å². The second-order valence-electron chi connectivity index (χ2n) is 6.55. The van der Waals surface area contributed by atoms with Crippen LogP contribution < -0.4 is 0 Å². The molecule has 1 unspecified atom stereocenters. The maximum Gasteiger partial charge on any atom is 0.0840 e. The first-order valence-corrected chi connectivity index (χ1v) is 8.23. The van der Waals surface area contributed by atoms with E-state index in [4.69, 9.17) is 0 Å². The van der Waals surface area contributed by atoms with Crippen molar-refractivity contribution in [2.24, 2.45) is 0 Å². The van der Waals surface area contributed by atoms with E-state index in [1.54, 1.807) is 0 Å². The predicted molar refractivity (Wildman–Crippen MR) is 104 cm³/mol. The molecular weight excluding hydrogens is 316 g/mol. The van der Waals surface area contributed by atoms with Gasteiger partial charge < -0.3 is 4.90 Å². The first-order chi connectivity index (χ1) is 11.1. The van der Waals surface area contributed by atoms with Gasteiger partial charge >= 0.3 is 0 Å². The van der Waals surface area contributed by atoms with Gasteiger partial charge in [0.25, 0.3) is 0 Å². The first kappa shape index (κ1) is 20.2. The summed E-state index contributed by atoms with van der Waals surface area (Å²) in [6, 6.07) is 21.5. The summed E-state index contributed by atoms with van der Waals surface area (Å²) in [5.41, 5.74) is 3.26. The molecule has 0 N–H and O–H groups in total. The van der Waals surface area contributed by atoms with E-state index in [0.717, 1.165) is 25.8 Å². The molecule has 0 saturated heterocycles. The van der Waals surface area contributed by atoms with E-state index in [0.29, 0.717) is 0 Å². The molecule has 0 aliphatic heterocycles. The summed E-state index contributed by atoms with van der Waals surface area (Å²) >= 11 is 0. The van der Waals surface area contributed by atoms with Crippen LogP contribution in [0.3, 0.4) is 0 Å². The molecule has 128 valence electrons. The fourth-order valence-corrected chi connectivity index (χ4v) is 3.09. The van der Waals surface area contributed by atoms with Crippen molar-refractivity contribution in [3.05, 3.63) is 71.3 Å². The highest BCUT2D eigenvalue weighted by atomic mass is 35.5. The van der Waals surface area contributed by atoms with E-state index < -0.39 is 5.41 Å². The van der Waals surface area contributed by atoms with Crippen molar-refractivity contribution >= 4 is 12.4 Å². The van der Waals surface area contributed by atoms with Crippen molar-refractivity contribution in [2.45, 2.75) is 31.6 Å². The van der Waals surface area contributed by atoms with Gasteiger partial charge in [-0.3, -0.25) is 0 Å². The number of aryl methyl sites for hydroxylation is 2. The zero-order valence-electron chi connectivity index (χ0n) is 14.8. The maximum atomic E-state index is 10.1. The van der Waals surface area contributed by atoms with Crippen molar-refractivity contribution < 1.29 is 0 Å². The van der Waals surface area contributed by atoms with Crippen molar-refractivity contribution in [2.75, 3.05) is 20.6 Å². The van der Waals surface area contributed by atoms with Crippen molar-refractivity contribution in [1.29, 1.82) is 5.26 Å². The molecule has 1 atom stereocenters. The molecule has 0 saturated carbocycles. The van der Waals surface area contributed by atoms with Crippen LogP contribution in [0.4, 0.5) is 0 Å². The molecule has 0 bridgehead atoms. The number of nitrogens with zero attached hydrogens (tertiary/aromatic N) is 2. The van der Waals surface area contributed by atoms with Gasteiger partial charge in [0.05, 0.1) is 11.5 Å². The van der Waals surface area contributed by atoms with Crippen LogP contribution in [-0.4, -0.2) is 25.5 Å². The number of nitriles is 1. The fraction of sp³-hybridized carbons (Fsp3) is 0.381. The molecule has 24 heavy (non-hydrogen) atoms. The van der Waals surface area contributed by atoms with Gasteiger partial charge in [-0.1, -0.05) is 54.6 Å². The lowest BCUT2D eigenvalue weighted by Gasteiger charge is -2.30. The molecule has 2 aromatic carbocycles. The Morgan fingerprint density at radius 3 is 2.17 bits per heavy atom. The van der Waals surface area contributed by atoms with E-state index in [9.17, 15) is 5.26 Å². The highest BCUT2D eigenvalue weighted by Gasteiger charge is 2.33. The molecule has 0 aromatic heterocycles. The molecular formula is C21H27ClN2. The molecule has 0 radical (unpaired) electrons. The van der Waals surface area contributed by atoms with Gasteiger partial charge in [0.15, 0.2) is 0 Å². The topological polar surface area (TPSA) is 27.0 Å². The van der Waals surface area contributed by atoms with Crippen LogP contribution in [0.2, 0.25) is 0 Å². The highest BCUT2D eigenvalue weighted by Crippen LogP contribution is 2.35.